The molecule has 0 aliphatic rings. The van der Waals surface area contributed by atoms with Crippen molar-refractivity contribution >= 4 is 5.82 Å². The van der Waals surface area contributed by atoms with Gasteiger partial charge in [0.25, 0.3) is 0 Å². The van der Waals surface area contributed by atoms with Crippen LogP contribution in [0, 0.1) is 11.6 Å². The Kier molecular flexibility index (Phi) is 3.54. The number of nitrogen functional groups attached to an aromatic ring is 1. The Morgan fingerprint density at radius 3 is 2.30 bits per heavy atom. The zero-order valence-electron chi connectivity index (χ0n) is 12.2. The molecule has 20 heavy (non-hydrogen) atoms. The van der Waals surface area contributed by atoms with Crippen molar-refractivity contribution < 1.29 is 8.78 Å². The van der Waals surface area contributed by atoms with Gasteiger partial charge in [-0.2, -0.15) is 0 Å². The van der Waals surface area contributed by atoms with E-state index in [4.69, 9.17) is 5.73 Å². The summed E-state index contributed by atoms with van der Waals surface area (Å²) in [4.78, 5) is 4.54. The van der Waals surface area contributed by atoms with E-state index < -0.39 is 11.6 Å². The second-order valence-electron chi connectivity index (χ2n) is 5.79. The molecule has 2 rings (SSSR count). The maximum absolute atomic E-state index is 13.4. The van der Waals surface area contributed by atoms with Gasteiger partial charge >= 0.3 is 0 Å². The van der Waals surface area contributed by atoms with Crippen molar-refractivity contribution in [3.63, 3.8) is 0 Å². The highest BCUT2D eigenvalue weighted by Crippen LogP contribution is 2.32. The van der Waals surface area contributed by atoms with E-state index in [1.54, 1.807) is 0 Å². The van der Waals surface area contributed by atoms with Crippen LogP contribution < -0.4 is 5.73 Å². The molecule has 0 saturated carbocycles. The maximum atomic E-state index is 13.4. The van der Waals surface area contributed by atoms with Gasteiger partial charge in [-0.15, -0.1) is 0 Å². The van der Waals surface area contributed by atoms with Crippen LogP contribution >= 0.6 is 0 Å². The highest BCUT2D eigenvalue weighted by Gasteiger charge is 2.25. The van der Waals surface area contributed by atoms with Gasteiger partial charge in [-0.3, -0.25) is 0 Å². The third-order valence-corrected chi connectivity index (χ3v) is 3.19. The fourth-order valence-electron chi connectivity index (χ4n) is 2.21. The van der Waals surface area contributed by atoms with Crippen molar-refractivity contribution in [2.75, 3.05) is 5.73 Å². The molecule has 108 valence electrons. The third kappa shape index (κ3) is 2.40. The molecule has 2 N–H and O–H groups in total. The average Bonchev–Trinajstić information content (AvgIpc) is 2.69. The summed E-state index contributed by atoms with van der Waals surface area (Å²) in [7, 11) is 0. The molecule has 0 atom stereocenters. The van der Waals surface area contributed by atoms with Gasteiger partial charge < -0.3 is 10.3 Å². The Hall–Kier alpha value is -1.91. The summed E-state index contributed by atoms with van der Waals surface area (Å²) in [5, 5.41) is 0. The van der Waals surface area contributed by atoms with Gasteiger partial charge in [0, 0.05) is 17.5 Å². The van der Waals surface area contributed by atoms with E-state index >= 15 is 0 Å². The summed E-state index contributed by atoms with van der Waals surface area (Å²) >= 11 is 0. The highest BCUT2D eigenvalue weighted by atomic mass is 19.2. The predicted octanol–water partition coefficient (Wildman–Crippen LogP) is 3.73. The highest BCUT2D eigenvalue weighted by molar-refractivity contribution is 5.71. The number of nitrogens with two attached hydrogens (primary N) is 1. The van der Waals surface area contributed by atoms with Crippen LogP contribution in [-0.2, 0) is 12.0 Å². The van der Waals surface area contributed by atoms with Gasteiger partial charge in [0.1, 0.15) is 17.3 Å². The van der Waals surface area contributed by atoms with Crippen LogP contribution in [0.1, 0.15) is 33.5 Å². The zero-order valence-corrected chi connectivity index (χ0v) is 12.2. The van der Waals surface area contributed by atoms with Crippen molar-refractivity contribution in [3.05, 3.63) is 35.7 Å². The van der Waals surface area contributed by atoms with E-state index in [-0.39, 0.29) is 5.41 Å². The molecule has 0 aliphatic heterocycles. The van der Waals surface area contributed by atoms with Crippen LogP contribution in [0.3, 0.4) is 0 Å². The lowest BCUT2D eigenvalue weighted by Crippen LogP contribution is -2.19. The second-order valence-corrected chi connectivity index (χ2v) is 5.79. The molecule has 0 unspecified atom stereocenters. The first-order valence-corrected chi connectivity index (χ1v) is 6.57. The van der Waals surface area contributed by atoms with Gasteiger partial charge in [0.2, 0.25) is 0 Å². The molecule has 2 aromatic rings. The fourth-order valence-corrected chi connectivity index (χ4v) is 2.21. The number of halogens is 2. The number of anilines is 1. The summed E-state index contributed by atoms with van der Waals surface area (Å²) in [6, 6.07) is 3.70. The molecule has 0 bridgehead atoms. The van der Waals surface area contributed by atoms with Crippen LogP contribution in [-0.4, -0.2) is 9.55 Å². The minimum atomic E-state index is -0.898. The normalized spacial score (nSPS) is 11.9. The van der Waals surface area contributed by atoms with E-state index in [1.807, 2.05) is 32.3 Å². The van der Waals surface area contributed by atoms with Crippen LogP contribution in [0.15, 0.2) is 18.2 Å². The third-order valence-electron chi connectivity index (χ3n) is 3.19. The maximum Gasteiger partial charge on any atom is 0.159 e. The van der Waals surface area contributed by atoms with Crippen LogP contribution in [0.5, 0.6) is 0 Å². The summed E-state index contributed by atoms with van der Waals surface area (Å²) in [6.07, 6.45) is 0. The van der Waals surface area contributed by atoms with Gasteiger partial charge in [0.05, 0.1) is 0 Å². The molecular formula is C15H19F2N3. The minimum absolute atomic E-state index is 0.180. The lowest BCUT2D eigenvalue weighted by Gasteiger charge is -2.19. The van der Waals surface area contributed by atoms with E-state index in [9.17, 15) is 8.78 Å². The molecule has 0 fully saturated rings. The lowest BCUT2D eigenvalue weighted by atomic mass is 9.95. The number of nitrogens with zero attached hydrogens (tertiary/aromatic N) is 2. The van der Waals surface area contributed by atoms with E-state index in [0.29, 0.717) is 23.6 Å². The largest absolute Gasteiger partial charge is 0.383 e. The minimum Gasteiger partial charge on any atom is -0.383 e. The van der Waals surface area contributed by atoms with E-state index in [0.717, 1.165) is 18.0 Å². The van der Waals surface area contributed by atoms with Crippen molar-refractivity contribution in [3.8, 4) is 11.3 Å². The molecule has 0 aliphatic carbocycles. The van der Waals surface area contributed by atoms with Gasteiger partial charge in [-0.05, 0) is 25.1 Å². The lowest BCUT2D eigenvalue weighted by molar-refractivity contribution is 0.508. The Balaban J connectivity index is 2.63. The van der Waals surface area contributed by atoms with Crippen LogP contribution in [0.4, 0.5) is 14.6 Å². The molecular weight excluding hydrogens is 260 g/mol. The number of aromatic nitrogens is 2. The molecule has 3 nitrogen and oxygen atoms in total. The molecule has 0 saturated heterocycles. The van der Waals surface area contributed by atoms with Crippen molar-refractivity contribution in [2.24, 2.45) is 0 Å². The topological polar surface area (TPSA) is 43.8 Å². The standard InChI is InChI=1S/C15H19F2N3/c1-5-20-13(18)12(19-14(20)15(2,3)4)9-6-7-10(16)11(17)8-9/h6-8H,5,18H2,1-4H3. The van der Waals surface area contributed by atoms with Crippen molar-refractivity contribution in [2.45, 2.75) is 39.7 Å². The Bertz CT molecular complexity index is 639. The number of hydrogen-bond acceptors (Lipinski definition) is 2. The number of benzene rings is 1. The fraction of sp³-hybridized carbons (Fsp3) is 0.400. The summed E-state index contributed by atoms with van der Waals surface area (Å²) in [5.74, 6) is -0.468. The molecule has 1 heterocycles. The second kappa shape index (κ2) is 4.89. The monoisotopic (exact) mass is 279 g/mol. The molecule has 0 spiro atoms. The number of hydrogen-bond donors (Lipinski definition) is 1. The first kappa shape index (κ1) is 14.5. The summed E-state index contributed by atoms with van der Waals surface area (Å²) < 4.78 is 28.3. The quantitative estimate of drug-likeness (QED) is 0.910. The van der Waals surface area contributed by atoms with Crippen LogP contribution in [0.2, 0.25) is 0 Å². The smallest absolute Gasteiger partial charge is 0.159 e. The van der Waals surface area contributed by atoms with Gasteiger partial charge in [0.15, 0.2) is 11.6 Å². The Labute approximate surface area is 117 Å². The van der Waals surface area contributed by atoms with Crippen molar-refractivity contribution in [1.82, 2.24) is 9.55 Å². The van der Waals surface area contributed by atoms with Crippen LogP contribution in [0.25, 0.3) is 11.3 Å². The SMILES string of the molecule is CCn1c(C(C)(C)C)nc(-c2ccc(F)c(F)c2)c1N. The summed E-state index contributed by atoms with van der Waals surface area (Å²) in [5.41, 5.74) is 6.92. The average molecular weight is 279 g/mol. The van der Waals surface area contributed by atoms with Gasteiger partial charge in [-0.1, -0.05) is 20.8 Å². The number of rotatable bonds is 2. The van der Waals surface area contributed by atoms with E-state index in [1.165, 1.54) is 6.07 Å². The molecule has 1 aromatic carbocycles. The zero-order chi connectivity index (χ0) is 15.1. The van der Waals surface area contributed by atoms with E-state index in [2.05, 4.69) is 4.98 Å². The Morgan fingerprint density at radius 2 is 1.85 bits per heavy atom. The first-order valence-electron chi connectivity index (χ1n) is 6.57. The molecule has 0 radical (unpaired) electrons. The Morgan fingerprint density at radius 1 is 1.20 bits per heavy atom. The number of imidazole rings is 1. The molecule has 1 aromatic heterocycles. The molecule has 5 heteroatoms. The predicted molar refractivity (Wildman–Crippen MR) is 76.4 cm³/mol. The molecule has 0 amide bonds. The summed E-state index contributed by atoms with van der Waals surface area (Å²) in [6.45, 7) is 8.76. The van der Waals surface area contributed by atoms with Crippen molar-refractivity contribution in [1.29, 1.82) is 0 Å². The van der Waals surface area contributed by atoms with Gasteiger partial charge in [-0.25, -0.2) is 13.8 Å². The first-order chi connectivity index (χ1) is 9.25.